The molecular weight excluding hydrogens is 350 g/mol. The lowest BCUT2D eigenvalue weighted by Crippen LogP contribution is -2.26. The Hall–Kier alpha value is 0.0800. The van der Waals surface area contributed by atoms with Crippen molar-refractivity contribution >= 4 is 18.5 Å². The van der Waals surface area contributed by atoms with Crippen LogP contribution in [0.25, 0.3) is 0 Å². The summed E-state index contributed by atoms with van der Waals surface area (Å²) in [6, 6.07) is 9.54. The normalized spacial score (nSPS) is 13.5. The summed E-state index contributed by atoms with van der Waals surface area (Å²) < 4.78 is 0. The highest BCUT2D eigenvalue weighted by Crippen LogP contribution is 2.47. The van der Waals surface area contributed by atoms with Crippen molar-refractivity contribution in [3.8, 4) is 0 Å². The highest BCUT2D eigenvalue weighted by atomic mass is 31.0. The summed E-state index contributed by atoms with van der Waals surface area (Å²) in [5.41, 5.74) is 3.00. The zero-order valence-corrected chi connectivity index (χ0v) is 20.9. The van der Waals surface area contributed by atoms with E-state index in [4.69, 9.17) is 0 Å². The SMILES string of the molecule is CC(C)CC(P)(CC(C)C)c1cccc(C(P)(CC(C)C)CC(C)C)c1. The summed E-state index contributed by atoms with van der Waals surface area (Å²) in [7, 11) is 6.49. The Morgan fingerprint density at radius 2 is 0.885 bits per heavy atom. The Morgan fingerprint density at radius 3 is 1.12 bits per heavy atom. The van der Waals surface area contributed by atoms with Gasteiger partial charge in [-0.15, -0.1) is 18.5 Å². The van der Waals surface area contributed by atoms with Crippen LogP contribution in [0.2, 0.25) is 0 Å². The molecule has 0 saturated carbocycles. The first-order chi connectivity index (χ1) is 11.9. The van der Waals surface area contributed by atoms with E-state index in [1.54, 1.807) is 0 Å². The van der Waals surface area contributed by atoms with Gasteiger partial charge in [-0.2, -0.15) is 0 Å². The van der Waals surface area contributed by atoms with E-state index < -0.39 is 0 Å². The van der Waals surface area contributed by atoms with Gasteiger partial charge in [0.05, 0.1) is 0 Å². The average molecular weight is 395 g/mol. The molecule has 1 rings (SSSR count). The number of benzene rings is 1. The molecule has 2 atom stereocenters. The fourth-order valence-electron chi connectivity index (χ4n) is 4.69. The van der Waals surface area contributed by atoms with Gasteiger partial charge in [0.15, 0.2) is 0 Å². The molecule has 0 amide bonds. The molecule has 1 aromatic rings. The van der Waals surface area contributed by atoms with Crippen molar-refractivity contribution in [2.45, 2.75) is 91.4 Å². The second kappa shape index (κ2) is 10.0. The van der Waals surface area contributed by atoms with E-state index in [9.17, 15) is 0 Å². The van der Waals surface area contributed by atoms with E-state index in [0.717, 1.165) is 0 Å². The molecule has 0 saturated heterocycles. The van der Waals surface area contributed by atoms with Crippen LogP contribution in [0.3, 0.4) is 0 Å². The molecule has 1 aromatic carbocycles. The van der Waals surface area contributed by atoms with E-state index in [0.29, 0.717) is 23.7 Å². The minimum Gasteiger partial charge on any atom is -0.126 e. The molecule has 0 bridgehead atoms. The van der Waals surface area contributed by atoms with Crippen LogP contribution in [-0.2, 0) is 10.3 Å². The third-order valence-corrected chi connectivity index (χ3v) is 6.71. The fourth-order valence-corrected chi connectivity index (χ4v) is 6.94. The van der Waals surface area contributed by atoms with Gasteiger partial charge in [0.25, 0.3) is 0 Å². The zero-order valence-electron chi connectivity index (χ0n) is 18.6. The average Bonchev–Trinajstić information content (AvgIpc) is 2.43. The van der Waals surface area contributed by atoms with Crippen LogP contribution >= 0.6 is 18.5 Å². The van der Waals surface area contributed by atoms with Crippen molar-refractivity contribution in [3.05, 3.63) is 35.4 Å². The third-order valence-electron chi connectivity index (χ3n) is 5.10. The molecule has 2 heteroatoms. The van der Waals surface area contributed by atoms with E-state index in [1.165, 1.54) is 36.8 Å². The van der Waals surface area contributed by atoms with Crippen LogP contribution in [-0.4, -0.2) is 0 Å². The van der Waals surface area contributed by atoms with Crippen LogP contribution in [0.15, 0.2) is 24.3 Å². The molecule has 0 aliphatic carbocycles. The molecule has 26 heavy (non-hydrogen) atoms. The van der Waals surface area contributed by atoms with Crippen LogP contribution in [0.5, 0.6) is 0 Å². The number of rotatable bonds is 10. The number of hydrogen-bond acceptors (Lipinski definition) is 0. The molecule has 2 unspecified atom stereocenters. The maximum Gasteiger partial charge on any atom is 0.0102 e. The lowest BCUT2D eigenvalue weighted by Gasteiger charge is -2.37. The monoisotopic (exact) mass is 394 g/mol. The summed E-state index contributed by atoms with van der Waals surface area (Å²) in [5, 5.41) is 0.360. The maximum absolute atomic E-state index is 3.24. The van der Waals surface area contributed by atoms with E-state index in [-0.39, 0.29) is 10.3 Å². The van der Waals surface area contributed by atoms with Gasteiger partial charge in [0.2, 0.25) is 0 Å². The van der Waals surface area contributed by atoms with Gasteiger partial charge >= 0.3 is 0 Å². The minimum atomic E-state index is 0.180. The van der Waals surface area contributed by atoms with E-state index in [2.05, 4.69) is 98.1 Å². The lowest BCUT2D eigenvalue weighted by atomic mass is 9.79. The van der Waals surface area contributed by atoms with Gasteiger partial charge in [-0.05, 0) is 60.5 Å². The van der Waals surface area contributed by atoms with Crippen molar-refractivity contribution in [1.82, 2.24) is 0 Å². The highest BCUT2D eigenvalue weighted by Gasteiger charge is 2.33. The Balaban J connectivity index is 3.35. The van der Waals surface area contributed by atoms with Gasteiger partial charge < -0.3 is 0 Å². The second-order valence-electron chi connectivity index (χ2n) is 10.3. The summed E-state index contributed by atoms with van der Waals surface area (Å²) >= 11 is 0. The van der Waals surface area contributed by atoms with Crippen LogP contribution < -0.4 is 0 Å². The lowest BCUT2D eigenvalue weighted by molar-refractivity contribution is 0.380. The zero-order chi connectivity index (χ0) is 20.1. The standard InChI is InChI=1S/C24H44P2/c1-17(2)13-23(25,14-18(3)4)21-10-9-11-22(12-21)24(26,15-19(5)6)16-20(7)8/h9-12,17-20H,13-16,25-26H2,1-8H3. The molecule has 0 spiro atoms. The van der Waals surface area contributed by atoms with Crippen LogP contribution in [0, 0.1) is 23.7 Å². The predicted octanol–water partition coefficient (Wildman–Crippen LogP) is 8.01. The summed E-state index contributed by atoms with van der Waals surface area (Å²) in [6.45, 7) is 18.8. The summed E-state index contributed by atoms with van der Waals surface area (Å²) in [6.07, 6.45) is 4.88. The molecule has 150 valence electrons. The number of hydrogen-bond donors (Lipinski definition) is 0. The van der Waals surface area contributed by atoms with Crippen molar-refractivity contribution < 1.29 is 0 Å². The summed E-state index contributed by atoms with van der Waals surface area (Å²) in [5.74, 6) is 2.79. The van der Waals surface area contributed by atoms with Gasteiger partial charge in [-0.3, -0.25) is 0 Å². The summed E-state index contributed by atoms with van der Waals surface area (Å²) in [4.78, 5) is 0. The van der Waals surface area contributed by atoms with Crippen molar-refractivity contribution in [2.24, 2.45) is 23.7 Å². The largest absolute Gasteiger partial charge is 0.126 e. The molecule has 0 nitrogen and oxygen atoms in total. The smallest absolute Gasteiger partial charge is 0.0102 e. The Kier molecular flexibility index (Phi) is 9.30. The Labute approximate surface area is 169 Å². The quantitative estimate of drug-likeness (QED) is 0.353. The first-order valence-electron chi connectivity index (χ1n) is 10.6. The van der Waals surface area contributed by atoms with Crippen molar-refractivity contribution in [1.29, 1.82) is 0 Å². The molecule has 0 fully saturated rings. The predicted molar refractivity (Wildman–Crippen MR) is 127 cm³/mol. The molecule has 0 N–H and O–H groups in total. The molecule has 0 heterocycles. The van der Waals surface area contributed by atoms with Crippen molar-refractivity contribution in [2.75, 3.05) is 0 Å². The van der Waals surface area contributed by atoms with E-state index >= 15 is 0 Å². The fraction of sp³-hybridized carbons (Fsp3) is 0.750. The molecule has 0 aliphatic rings. The third kappa shape index (κ3) is 7.24. The van der Waals surface area contributed by atoms with Gasteiger partial charge in [-0.25, -0.2) is 0 Å². The topological polar surface area (TPSA) is 0 Å². The minimum absolute atomic E-state index is 0.180. The Bertz CT molecular complexity index is 478. The second-order valence-corrected chi connectivity index (χ2v) is 12.5. The van der Waals surface area contributed by atoms with Gasteiger partial charge in [0, 0.05) is 10.3 Å². The van der Waals surface area contributed by atoms with Crippen LogP contribution in [0.4, 0.5) is 0 Å². The van der Waals surface area contributed by atoms with E-state index in [1.807, 2.05) is 0 Å². The molecule has 0 aliphatic heterocycles. The van der Waals surface area contributed by atoms with Crippen molar-refractivity contribution in [3.63, 3.8) is 0 Å². The first kappa shape index (κ1) is 24.1. The van der Waals surface area contributed by atoms with Gasteiger partial charge in [0.1, 0.15) is 0 Å². The van der Waals surface area contributed by atoms with Crippen LogP contribution in [0.1, 0.15) is 92.2 Å². The first-order valence-corrected chi connectivity index (χ1v) is 11.7. The highest BCUT2D eigenvalue weighted by molar-refractivity contribution is 7.18. The molecule has 0 aromatic heterocycles. The molecular formula is C24H44P2. The van der Waals surface area contributed by atoms with Gasteiger partial charge in [-0.1, -0.05) is 79.7 Å². The maximum atomic E-state index is 3.24. The Morgan fingerprint density at radius 1 is 0.615 bits per heavy atom. The molecule has 0 radical (unpaired) electrons.